The fourth-order valence-corrected chi connectivity index (χ4v) is 3.08. The van der Waals surface area contributed by atoms with Gasteiger partial charge < -0.3 is 10.2 Å². The molecule has 0 bridgehead atoms. The van der Waals surface area contributed by atoms with E-state index < -0.39 is 0 Å². The molecule has 2 heterocycles. The predicted octanol–water partition coefficient (Wildman–Crippen LogP) is 1.57. The molecule has 136 valence electrons. The standard InChI is InChI=1S/C19H22N4O3/c1-22-13-17(25)23(19(22)26)12-4-8-16(24)20-11-9-15-6-2-5-14-7-3-10-21-18(14)15/h2-3,5-7,10H,4,8-9,11-13H2,1H3,(H,20,24). The van der Waals surface area contributed by atoms with E-state index in [2.05, 4.69) is 10.3 Å². The van der Waals surface area contributed by atoms with Crippen LogP contribution in [-0.2, 0) is 16.0 Å². The number of amides is 4. The number of hydrogen-bond acceptors (Lipinski definition) is 4. The number of carbonyl (C=O) groups excluding carboxylic acids is 3. The summed E-state index contributed by atoms with van der Waals surface area (Å²) < 4.78 is 0. The number of benzene rings is 1. The van der Waals surface area contributed by atoms with Gasteiger partial charge in [0.1, 0.15) is 6.54 Å². The maximum Gasteiger partial charge on any atom is 0.326 e. The lowest BCUT2D eigenvalue weighted by Crippen LogP contribution is -2.33. The van der Waals surface area contributed by atoms with Crippen LogP contribution < -0.4 is 5.32 Å². The minimum Gasteiger partial charge on any atom is -0.356 e. The van der Waals surface area contributed by atoms with E-state index in [-0.39, 0.29) is 37.4 Å². The third-order valence-corrected chi connectivity index (χ3v) is 4.45. The average Bonchev–Trinajstić information content (AvgIpc) is 2.88. The molecule has 2 aromatic rings. The average molecular weight is 354 g/mol. The van der Waals surface area contributed by atoms with Crippen LogP contribution in [0.5, 0.6) is 0 Å². The first kappa shape index (κ1) is 17.8. The first-order chi connectivity index (χ1) is 12.6. The van der Waals surface area contributed by atoms with Crippen LogP contribution in [0.25, 0.3) is 10.9 Å². The molecule has 1 fully saturated rings. The maximum atomic E-state index is 12.0. The van der Waals surface area contributed by atoms with Crippen molar-refractivity contribution in [1.29, 1.82) is 0 Å². The Balaban J connectivity index is 1.42. The summed E-state index contributed by atoms with van der Waals surface area (Å²) in [5.74, 6) is -0.285. The molecule has 26 heavy (non-hydrogen) atoms. The van der Waals surface area contributed by atoms with E-state index in [4.69, 9.17) is 0 Å². The molecule has 1 aliphatic rings. The highest BCUT2D eigenvalue weighted by Gasteiger charge is 2.32. The van der Waals surface area contributed by atoms with Crippen molar-refractivity contribution in [2.24, 2.45) is 0 Å². The molecule has 0 saturated carbocycles. The maximum absolute atomic E-state index is 12.0. The molecule has 0 aliphatic carbocycles. The summed E-state index contributed by atoms with van der Waals surface area (Å²) in [4.78, 5) is 42.4. The first-order valence-corrected chi connectivity index (χ1v) is 8.71. The smallest absolute Gasteiger partial charge is 0.326 e. The van der Waals surface area contributed by atoms with Crippen molar-refractivity contribution in [2.45, 2.75) is 19.3 Å². The molecular formula is C19H22N4O3. The minimum atomic E-state index is -0.293. The highest BCUT2D eigenvalue weighted by Crippen LogP contribution is 2.16. The van der Waals surface area contributed by atoms with E-state index in [1.165, 1.54) is 9.80 Å². The number of pyridine rings is 1. The number of para-hydroxylation sites is 1. The van der Waals surface area contributed by atoms with Crippen LogP contribution >= 0.6 is 0 Å². The van der Waals surface area contributed by atoms with Crippen molar-refractivity contribution < 1.29 is 14.4 Å². The molecule has 1 aromatic carbocycles. The predicted molar refractivity (Wildman–Crippen MR) is 97.4 cm³/mol. The molecular weight excluding hydrogens is 332 g/mol. The molecule has 0 radical (unpaired) electrons. The first-order valence-electron chi connectivity index (χ1n) is 8.71. The molecule has 1 aromatic heterocycles. The van der Waals surface area contributed by atoms with Crippen LogP contribution in [0.4, 0.5) is 4.79 Å². The normalized spacial score (nSPS) is 14.3. The third-order valence-electron chi connectivity index (χ3n) is 4.45. The van der Waals surface area contributed by atoms with Crippen molar-refractivity contribution in [3.8, 4) is 0 Å². The summed E-state index contributed by atoms with van der Waals surface area (Å²) in [5.41, 5.74) is 2.05. The van der Waals surface area contributed by atoms with E-state index in [0.29, 0.717) is 19.4 Å². The van der Waals surface area contributed by atoms with Gasteiger partial charge in [0, 0.05) is 38.1 Å². The van der Waals surface area contributed by atoms with E-state index in [1.54, 1.807) is 13.2 Å². The quantitative estimate of drug-likeness (QED) is 0.765. The zero-order valence-corrected chi connectivity index (χ0v) is 14.8. The van der Waals surface area contributed by atoms with Crippen molar-refractivity contribution in [1.82, 2.24) is 20.1 Å². The second kappa shape index (κ2) is 7.95. The van der Waals surface area contributed by atoms with Crippen molar-refractivity contribution in [3.63, 3.8) is 0 Å². The van der Waals surface area contributed by atoms with Gasteiger partial charge in [-0.1, -0.05) is 24.3 Å². The van der Waals surface area contributed by atoms with Gasteiger partial charge in [-0.2, -0.15) is 0 Å². The summed E-state index contributed by atoms with van der Waals surface area (Å²) >= 11 is 0. The number of hydrogen-bond donors (Lipinski definition) is 1. The highest BCUT2D eigenvalue weighted by molar-refractivity contribution is 6.01. The molecule has 3 rings (SSSR count). The molecule has 1 saturated heterocycles. The van der Waals surface area contributed by atoms with Gasteiger partial charge >= 0.3 is 6.03 Å². The lowest BCUT2D eigenvalue weighted by molar-refractivity contribution is -0.126. The lowest BCUT2D eigenvalue weighted by Gasteiger charge is -2.13. The van der Waals surface area contributed by atoms with Crippen molar-refractivity contribution in [2.75, 3.05) is 26.7 Å². The molecule has 7 heteroatoms. The molecule has 0 spiro atoms. The van der Waals surface area contributed by atoms with Gasteiger partial charge in [-0.25, -0.2) is 4.79 Å². The Kier molecular flexibility index (Phi) is 5.46. The monoisotopic (exact) mass is 354 g/mol. The summed E-state index contributed by atoms with van der Waals surface area (Å²) in [5, 5.41) is 3.97. The molecule has 1 aliphatic heterocycles. The van der Waals surface area contributed by atoms with Crippen molar-refractivity contribution in [3.05, 3.63) is 42.1 Å². The topological polar surface area (TPSA) is 82.6 Å². The minimum absolute atomic E-state index is 0.0781. The van der Waals surface area contributed by atoms with Gasteiger partial charge in [0.05, 0.1) is 5.52 Å². The largest absolute Gasteiger partial charge is 0.356 e. The highest BCUT2D eigenvalue weighted by atomic mass is 16.2. The second-order valence-electron chi connectivity index (χ2n) is 6.38. The van der Waals surface area contributed by atoms with Crippen molar-refractivity contribution >= 4 is 28.7 Å². The Bertz CT molecular complexity index is 831. The second-order valence-corrected chi connectivity index (χ2v) is 6.38. The number of imide groups is 1. The molecule has 0 atom stereocenters. The Morgan fingerprint density at radius 2 is 2.04 bits per heavy atom. The summed E-state index contributed by atoms with van der Waals surface area (Å²) in [6.07, 6.45) is 3.22. The Morgan fingerprint density at radius 3 is 2.81 bits per heavy atom. The van der Waals surface area contributed by atoms with Crippen LogP contribution in [0.2, 0.25) is 0 Å². The van der Waals surface area contributed by atoms with E-state index >= 15 is 0 Å². The molecule has 1 N–H and O–H groups in total. The van der Waals surface area contributed by atoms with Crippen LogP contribution in [0.1, 0.15) is 18.4 Å². The Morgan fingerprint density at radius 1 is 1.23 bits per heavy atom. The van der Waals surface area contributed by atoms with Crippen LogP contribution in [0.3, 0.4) is 0 Å². The van der Waals surface area contributed by atoms with Gasteiger partial charge in [-0.15, -0.1) is 0 Å². The number of nitrogens with zero attached hydrogens (tertiary/aromatic N) is 3. The fourth-order valence-electron chi connectivity index (χ4n) is 3.08. The van der Waals surface area contributed by atoms with Gasteiger partial charge in [0.15, 0.2) is 0 Å². The zero-order chi connectivity index (χ0) is 18.5. The molecule has 7 nitrogen and oxygen atoms in total. The van der Waals surface area contributed by atoms with Crippen LogP contribution in [0, 0.1) is 0 Å². The lowest BCUT2D eigenvalue weighted by atomic mass is 10.1. The van der Waals surface area contributed by atoms with Gasteiger partial charge in [0.2, 0.25) is 11.8 Å². The fraction of sp³-hybridized carbons (Fsp3) is 0.368. The number of likely N-dealkylation sites (N-methyl/N-ethyl adjacent to an activating group) is 1. The number of fused-ring (bicyclic) bond motifs is 1. The van der Waals surface area contributed by atoms with Gasteiger partial charge in [-0.05, 0) is 24.5 Å². The summed E-state index contributed by atoms with van der Waals surface area (Å²) in [7, 11) is 1.59. The van der Waals surface area contributed by atoms with E-state index in [1.807, 2.05) is 30.3 Å². The molecule has 0 unspecified atom stereocenters. The number of carbonyl (C=O) groups is 3. The van der Waals surface area contributed by atoms with E-state index in [0.717, 1.165) is 16.5 Å². The summed E-state index contributed by atoms with van der Waals surface area (Å²) in [6, 6.07) is 9.65. The van der Waals surface area contributed by atoms with Crippen LogP contribution in [-0.4, -0.2) is 59.3 Å². The number of nitrogens with one attached hydrogen (secondary N) is 1. The third kappa shape index (κ3) is 3.99. The number of aromatic nitrogens is 1. The Hall–Kier alpha value is -2.96. The molecule has 4 amide bonds. The van der Waals surface area contributed by atoms with Gasteiger partial charge in [0.25, 0.3) is 0 Å². The number of urea groups is 1. The SMILES string of the molecule is CN1CC(=O)N(CCCC(=O)NCCc2cccc3cccnc23)C1=O. The number of rotatable bonds is 7. The zero-order valence-electron chi connectivity index (χ0n) is 14.8. The van der Waals surface area contributed by atoms with E-state index in [9.17, 15) is 14.4 Å². The van der Waals surface area contributed by atoms with Crippen LogP contribution in [0.15, 0.2) is 36.5 Å². The Labute approximate surface area is 152 Å². The summed E-state index contributed by atoms with van der Waals surface area (Å²) in [6.45, 7) is 0.922. The van der Waals surface area contributed by atoms with Gasteiger partial charge in [-0.3, -0.25) is 19.5 Å².